The van der Waals surface area contributed by atoms with Crippen molar-refractivity contribution in [3.05, 3.63) is 40.4 Å². The van der Waals surface area contributed by atoms with Gasteiger partial charge in [-0.1, -0.05) is 5.16 Å². The van der Waals surface area contributed by atoms with E-state index in [0.29, 0.717) is 42.6 Å². The highest BCUT2D eigenvalue weighted by atomic mass is 32.3. The molecule has 0 radical (unpaired) electrons. The van der Waals surface area contributed by atoms with Crippen LogP contribution in [0.25, 0.3) is 0 Å². The van der Waals surface area contributed by atoms with Gasteiger partial charge in [-0.2, -0.15) is 13.5 Å². The highest BCUT2D eigenvalue weighted by Crippen LogP contribution is 2.33. The van der Waals surface area contributed by atoms with Crippen LogP contribution in [0.1, 0.15) is 37.1 Å². The van der Waals surface area contributed by atoms with Crippen molar-refractivity contribution >= 4 is 50.2 Å². The van der Waals surface area contributed by atoms with Crippen LogP contribution >= 0.6 is 11.3 Å². The molecule has 41 heavy (non-hydrogen) atoms. The van der Waals surface area contributed by atoms with E-state index in [0.717, 1.165) is 22.5 Å². The molecule has 2 aliphatic heterocycles. The summed E-state index contributed by atoms with van der Waals surface area (Å²) in [5, 5.41) is 8.56. The van der Waals surface area contributed by atoms with Gasteiger partial charge in [-0.05, 0) is 50.5 Å². The van der Waals surface area contributed by atoms with E-state index >= 15 is 0 Å². The Hall–Kier alpha value is -3.84. The second-order valence-electron chi connectivity index (χ2n) is 9.66. The Kier molecular flexibility index (Phi) is 8.78. The number of aryl methyl sites for hydroxylation is 1. The summed E-state index contributed by atoms with van der Waals surface area (Å²) in [6.45, 7) is 3.70. The first kappa shape index (κ1) is 30.1. The highest BCUT2D eigenvalue weighted by molar-refractivity contribution is 7.80. The number of hydroxylamine groups is 2. The Bertz CT molecular complexity index is 1490. The molecule has 3 heterocycles. The van der Waals surface area contributed by atoms with Crippen LogP contribution in [0.4, 0.5) is 5.13 Å². The number of aliphatic imine (C=N–C) groups is 1. The van der Waals surface area contributed by atoms with E-state index in [4.69, 9.17) is 31.3 Å². The minimum atomic E-state index is -4.95. The molecule has 4 rings (SSSR count). The molecule has 2 aromatic rings. The third-order valence-corrected chi connectivity index (χ3v) is 7.33. The van der Waals surface area contributed by atoms with Gasteiger partial charge in [0.1, 0.15) is 29.4 Å². The summed E-state index contributed by atoms with van der Waals surface area (Å²) < 4.78 is 41.4. The molecule has 18 heteroatoms. The fourth-order valence-electron chi connectivity index (χ4n) is 4.20. The Labute approximate surface area is 239 Å². The zero-order chi connectivity index (χ0) is 29.9. The summed E-state index contributed by atoms with van der Waals surface area (Å²) in [6.07, 6.45) is 0.913. The lowest BCUT2D eigenvalue weighted by Crippen LogP contribution is -2.76. The first-order valence-corrected chi connectivity index (χ1v) is 14.6. The number of amides is 2. The third kappa shape index (κ3) is 6.91. The monoisotopic (exact) mass is 610 g/mol. The number of thiazole rings is 1. The number of nitrogens with one attached hydrogen (secondary N) is 1. The summed E-state index contributed by atoms with van der Waals surface area (Å²) in [6, 6.07) is 4.32. The number of benzene rings is 1. The molecule has 8 N–H and O–H groups in total. The van der Waals surface area contributed by atoms with Crippen LogP contribution in [-0.2, 0) is 35.5 Å². The fraction of sp³-hybridized carbons (Fsp3) is 0.435. The van der Waals surface area contributed by atoms with Gasteiger partial charge in [-0.25, -0.2) is 4.98 Å². The van der Waals surface area contributed by atoms with E-state index in [2.05, 4.69) is 24.7 Å². The Morgan fingerprint density at radius 3 is 2.78 bits per heavy atom. The molecule has 0 aliphatic carbocycles. The summed E-state index contributed by atoms with van der Waals surface area (Å²) in [5.41, 5.74) is 17.5. The normalized spacial score (nSPS) is 20.6. The van der Waals surface area contributed by atoms with E-state index in [9.17, 15) is 18.0 Å². The number of carbonyl (C=O) groups is 2. The molecule has 0 saturated carbocycles. The Morgan fingerprint density at radius 1 is 1.39 bits per heavy atom. The van der Waals surface area contributed by atoms with E-state index in [1.807, 2.05) is 6.07 Å². The van der Waals surface area contributed by atoms with E-state index in [1.165, 1.54) is 19.2 Å². The van der Waals surface area contributed by atoms with Crippen LogP contribution in [0.3, 0.4) is 0 Å². The lowest BCUT2D eigenvalue weighted by Gasteiger charge is -2.50. The zero-order valence-corrected chi connectivity index (χ0v) is 23.8. The number of anilines is 1. The molecule has 1 fully saturated rings. The summed E-state index contributed by atoms with van der Waals surface area (Å²) in [4.78, 5) is 39.4. The van der Waals surface area contributed by atoms with E-state index in [1.54, 1.807) is 12.1 Å². The van der Waals surface area contributed by atoms with Crippen molar-refractivity contribution in [3.8, 4) is 5.75 Å². The number of rotatable bonds is 11. The van der Waals surface area contributed by atoms with Gasteiger partial charge in [0.15, 0.2) is 17.5 Å². The second kappa shape index (κ2) is 12.0. The minimum Gasteiger partial charge on any atom is -0.486 e. The van der Waals surface area contributed by atoms with Gasteiger partial charge >= 0.3 is 10.4 Å². The molecular formula is C23H30N8O8S2. The predicted octanol–water partition coefficient (Wildman–Crippen LogP) is -0.656. The van der Waals surface area contributed by atoms with Gasteiger partial charge in [0, 0.05) is 17.5 Å². The Balaban J connectivity index is 1.42. The maximum Gasteiger partial charge on any atom is 0.418 e. The maximum absolute atomic E-state index is 13.1. The molecule has 2 aliphatic rings. The SMILES string of the molecule is CC1(C)C(NC(=O)/C(=N\OCC2CCc3cc(C(N)=NCCN)ccc3O2)c2csc(N)n2)C(=O)N1OS(=O)(=O)O. The molecule has 2 unspecified atom stereocenters. The molecule has 2 atom stereocenters. The van der Waals surface area contributed by atoms with E-state index < -0.39 is 33.8 Å². The number of aromatic nitrogens is 1. The minimum absolute atomic E-state index is 0.00151. The van der Waals surface area contributed by atoms with Crippen molar-refractivity contribution in [2.45, 2.75) is 44.4 Å². The fourth-order valence-corrected chi connectivity index (χ4v) is 5.20. The number of carbonyl (C=O) groups excluding carboxylic acids is 2. The standard InChI is InChI=1S/C23H30N8O8S2/c1-23(2)18(21(33)31(23)39-41(34,35)36)29-20(32)17(15-11-40-22(26)28-15)30-37-10-14-5-3-12-9-13(4-6-16(12)38-14)19(25)27-8-7-24/h4,6,9,11,14,18H,3,5,7-8,10,24H2,1-2H3,(H2,25,27)(H2,26,28)(H,29,32)(H,34,35,36)/b30-17-. The predicted molar refractivity (Wildman–Crippen MR) is 148 cm³/mol. The number of hydrogen-bond donors (Lipinski definition) is 5. The second-order valence-corrected chi connectivity index (χ2v) is 11.6. The van der Waals surface area contributed by atoms with Crippen LogP contribution in [0, 0.1) is 0 Å². The maximum atomic E-state index is 13.1. The zero-order valence-electron chi connectivity index (χ0n) is 22.1. The number of fused-ring (bicyclic) bond motifs is 1. The van der Waals surface area contributed by atoms with Gasteiger partial charge in [-0.3, -0.25) is 19.1 Å². The molecule has 0 bridgehead atoms. The number of nitrogen functional groups attached to an aromatic ring is 1. The molecule has 1 saturated heterocycles. The molecule has 222 valence electrons. The third-order valence-electron chi connectivity index (χ3n) is 6.31. The van der Waals surface area contributed by atoms with Crippen molar-refractivity contribution in [2.75, 3.05) is 25.4 Å². The number of nitrogens with two attached hydrogens (primary N) is 3. The van der Waals surface area contributed by atoms with Crippen molar-refractivity contribution in [2.24, 2.45) is 21.6 Å². The van der Waals surface area contributed by atoms with Crippen LogP contribution in [-0.4, -0.2) is 83.8 Å². The quantitative estimate of drug-likeness (QED) is 0.0700. The molecule has 16 nitrogen and oxygen atoms in total. The van der Waals surface area contributed by atoms with Gasteiger partial charge in [-0.15, -0.1) is 15.6 Å². The summed E-state index contributed by atoms with van der Waals surface area (Å²) in [7, 11) is -4.95. The highest BCUT2D eigenvalue weighted by Gasteiger charge is 2.58. The van der Waals surface area contributed by atoms with Crippen molar-refractivity contribution < 1.29 is 36.4 Å². The van der Waals surface area contributed by atoms with Gasteiger partial charge in [0.05, 0.1) is 12.1 Å². The average Bonchev–Trinajstić information content (AvgIpc) is 3.35. The first-order chi connectivity index (χ1) is 19.3. The van der Waals surface area contributed by atoms with Crippen molar-refractivity contribution in [3.63, 3.8) is 0 Å². The molecule has 2 amide bonds. The van der Waals surface area contributed by atoms with Crippen molar-refractivity contribution in [1.82, 2.24) is 15.4 Å². The lowest BCUT2D eigenvalue weighted by molar-refractivity contribution is -0.218. The van der Waals surface area contributed by atoms with Crippen LogP contribution in [0.5, 0.6) is 5.75 Å². The number of oxime groups is 1. The molecule has 1 aromatic carbocycles. The average molecular weight is 611 g/mol. The smallest absolute Gasteiger partial charge is 0.418 e. The van der Waals surface area contributed by atoms with Gasteiger partial charge in [0.2, 0.25) is 0 Å². The van der Waals surface area contributed by atoms with Crippen LogP contribution < -0.4 is 27.3 Å². The number of amidine groups is 1. The number of nitrogens with zero attached hydrogens (tertiary/aromatic N) is 4. The lowest BCUT2D eigenvalue weighted by atomic mass is 9.84. The number of hydrogen-bond acceptors (Lipinski definition) is 13. The van der Waals surface area contributed by atoms with E-state index in [-0.39, 0.29) is 29.2 Å². The van der Waals surface area contributed by atoms with Gasteiger partial charge < -0.3 is 32.1 Å². The van der Waals surface area contributed by atoms with Crippen LogP contribution in [0.15, 0.2) is 33.7 Å². The van der Waals surface area contributed by atoms with Crippen LogP contribution in [0.2, 0.25) is 0 Å². The number of ether oxygens (including phenoxy) is 1. The molecular weight excluding hydrogens is 580 g/mol. The molecule has 1 aromatic heterocycles. The summed E-state index contributed by atoms with van der Waals surface area (Å²) in [5.74, 6) is -0.664. The number of β-lactam (4-membered cyclic amide) rings is 1. The summed E-state index contributed by atoms with van der Waals surface area (Å²) >= 11 is 1.07. The van der Waals surface area contributed by atoms with Gasteiger partial charge in [0.25, 0.3) is 11.8 Å². The molecule has 0 spiro atoms. The Morgan fingerprint density at radius 2 is 2.15 bits per heavy atom. The first-order valence-electron chi connectivity index (χ1n) is 12.3. The topological polar surface area (TPSA) is 247 Å². The largest absolute Gasteiger partial charge is 0.486 e. The van der Waals surface area contributed by atoms with Crippen molar-refractivity contribution in [1.29, 1.82) is 0 Å².